The van der Waals surface area contributed by atoms with Gasteiger partial charge in [-0.15, -0.1) is 0 Å². The van der Waals surface area contributed by atoms with Crippen molar-refractivity contribution in [3.8, 4) is 0 Å². The first-order valence-electron chi connectivity index (χ1n) is 7.22. The third-order valence-corrected chi connectivity index (χ3v) is 4.59. The van der Waals surface area contributed by atoms with E-state index in [-0.39, 0.29) is 6.10 Å². The zero-order chi connectivity index (χ0) is 13.8. The van der Waals surface area contributed by atoms with E-state index in [4.69, 9.17) is 0 Å². The molecule has 1 fully saturated rings. The number of halogens is 1. The topological polar surface area (TPSA) is 32.3 Å². The molecule has 2 rings (SSSR count). The Labute approximate surface area is 124 Å². The van der Waals surface area contributed by atoms with Gasteiger partial charge in [0.2, 0.25) is 0 Å². The highest BCUT2D eigenvalue weighted by atomic mass is 79.9. The van der Waals surface area contributed by atoms with Crippen molar-refractivity contribution in [2.75, 3.05) is 6.54 Å². The Morgan fingerprint density at radius 2 is 2.00 bits per heavy atom. The van der Waals surface area contributed by atoms with E-state index in [1.54, 1.807) is 0 Å². The van der Waals surface area contributed by atoms with Crippen LogP contribution in [0.3, 0.4) is 0 Å². The fourth-order valence-electron chi connectivity index (χ4n) is 2.77. The van der Waals surface area contributed by atoms with Gasteiger partial charge in [-0.1, -0.05) is 48.0 Å². The van der Waals surface area contributed by atoms with Gasteiger partial charge in [0.05, 0.1) is 6.10 Å². The lowest BCUT2D eigenvalue weighted by atomic mass is 9.76. The van der Waals surface area contributed by atoms with Crippen LogP contribution in [-0.2, 0) is 0 Å². The summed E-state index contributed by atoms with van der Waals surface area (Å²) in [6.45, 7) is 5.02. The van der Waals surface area contributed by atoms with Crippen molar-refractivity contribution < 1.29 is 5.11 Å². The zero-order valence-corrected chi connectivity index (χ0v) is 13.4. The maximum Gasteiger partial charge on any atom is 0.0667 e. The summed E-state index contributed by atoms with van der Waals surface area (Å²) in [5.74, 6) is 1.22. The number of nitrogens with one attached hydrogen (secondary N) is 1. The quantitative estimate of drug-likeness (QED) is 0.836. The number of rotatable bonds is 6. The normalized spacial score (nSPS) is 24.3. The first-order valence-corrected chi connectivity index (χ1v) is 8.01. The summed E-state index contributed by atoms with van der Waals surface area (Å²) in [5, 5.41) is 13.3. The lowest BCUT2D eigenvalue weighted by Crippen LogP contribution is -2.43. The largest absolute Gasteiger partial charge is 0.392 e. The maximum absolute atomic E-state index is 9.85. The molecule has 0 saturated heterocycles. The highest BCUT2D eigenvalue weighted by Gasteiger charge is 2.31. The van der Waals surface area contributed by atoms with Crippen LogP contribution in [0.5, 0.6) is 0 Å². The molecule has 1 saturated carbocycles. The van der Waals surface area contributed by atoms with Gasteiger partial charge in [-0.3, -0.25) is 0 Å². The summed E-state index contributed by atoms with van der Waals surface area (Å²) in [7, 11) is 0. The Kier molecular flexibility index (Phi) is 5.43. The van der Waals surface area contributed by atoms with Crippen molar-refractivity contribution in [3.05, 3.63) is 34.3 Å². The molecule has 1 aromatic rings. The third kappa shape index (κ3) is 4.30. The minimum absolute atomic E-state index is 0.206. The molecule has 2 nitrogen and oxygen atoms in total. The molecule has 0 amide bonds. The van der Waals surface area contributed by atoms with Gasteiger partial charge in [-0.25, -0.2) is 0 Å². The van der Waals surface area contributed by atoms with Crippen molar-refractivity contribution in [1.82, 2.24) is 5.32 Å². The van der Waals surface area contributed by atoms with E-state index < -0.39 is 0 Å². The van der Waals surface area contributed by atoms with Crippen molar-refractivity contribution in [2.45, 2.75) is 51.2 Å². The van der Waals surface area contributed by atoms with Crippen LogP contribution in [0.1, 0.15) is 44.6 Å². The van der Waals surface area contributed by atoms with Crippen LogP contribution in [0.25, 0.3) is 0 Å². The first-order chi connectivity index (χ1) is 9.06. The van der Waals surface area contributed by atoms with Gasteiger partial charge in [0.1, 0.15) is 0 Å². The van der Waals surface area contributed by atoms with Crippen LogP contribution >= 0.6 is 15.9 Å². The fourth-order valence-corrected chi connectivity index (χ4v) is 3.38. The summed E-state index contributed by atoms with van der Waals surface area (Å²) in [6, 6.07) is 9.05. The van der Waals surface area contributed by atoms with Gasteiger partial charge in [-0.2, -0.15) is 0 Å². The monoisotopic (exact) mass is 325 g/mol. The van der Waals surface area contributed by atoms with Crippen LogP contribution in [-0.4, -0.2) is 23.8 Å². The summed E-state index contributed by atoms with van der Waals surface area (Å²) < 4.78 is 1.22. The van der Waals surface area contributed by atoms with Crippen LogP contribution < -0.4 is 5.32 Å². The van der Waals surface area contributed by atoms with Crippen LogP contribution in [0.4, 0.5) is 0 Å². The molecule has 1 aromatic carbocycles. The SMILES string of the molecule is CC(C)CC(O)CNC1CC(c2ccccc2Br)C1. The van der Waals surface area contributed by atoms with Gasteiger partial charge in [0, 0.05) is 17.1 Å². The second-order valence-corrected chi connectivity index (χ2v) is 6.93. The molecule has 19 heavy (non-hydrogen) atoms. The average molecular weight is 326 g/mol. The molecule has 0 spiro atoms. The van der Waals surface area contributed by atoms with E-state index in [0.717, 1.165) is 13.0 Å². The predicted octanol–water partition coefficient (Wildman–Crippen LogP) is 3.69. The Balaban J connectivity index is 1.71. The summed E-state index contributed by atoms with van der Waals surface area (Å²) in [5.41, 5.74) is 1.42. The molecule has 1 unspecified atom stereocenters. The van der Waals surface area contributed by atoms with E-state index in [1.165, 1.54) is 22.9 Å². The minimum Gasteiger partial charge on any atom is -0.392 e. The smallest absolute Gasteiger partial charge is 0.0667 e. The fraction of sp³-hybridized carbons (Fsp3) is 0.625. The Bertz CT molecular complexity index is 401. The first kappa shape index (κ1) is 15.0. The molecule has 0 aromatic heterocycles. The van der Waals surface area contributed by atoms with E-state index in [1.807, 2.05) is 0 Å². The molecule has 0 bridgehead atoms. The van der Waals surface area contributed by atoms with Crippen LogP contribution in [0, 0.1) is 5.92 Å². The van der Waals surface area contributed by atoms with Crippen molar-refractivity contribution >= 4 is 15.9 Å². The Morgan fingerprint density at radius 1 is 1.32 bits per heavy atom. The third-order valence-electron chi connectivity index (χ3n) is 3.87. The molecule has 1 atom stereocenters. The average Bonchev–Trinajstić information content (AvgIpc) is 2.28. The molecular weight excluding hydrogens is 302 g/mol. The van der Waals surface area contributed by atoms with Gasteiger partial charge in [0.15, 0.2) is 0 Å². The second kappa shape index (κ2) is 6.87. The standard InChI is InChI=1S/C16H24BrNO/c1-11(2)7-14(19)10-18-13-8-12(9-13)15-5-3-4-6-16(15)17/h3-6,11-14,18-19H,7-10H2,1-2H3. The second-order valence-electron chi connectivity index (χ2n) is 6.08. The number of hydrogen-bond acceptors (Lipinski definition) is 2. The molecule has 3 heteroatoms. The lowest BCUT2D eigenvalue weighted by molar-refractivity contribution is 0.133. The molecule has 0 radical (unpaired) electrons. The van der Waals surface area contributed by atoms with Crippen molar-refractivity contribution in [1.29, 1.82) is 0 Å². The summed E-state index contributed by atoms with van der Waals surface area (Å²) in [4.78, 5) is 0. The van der Waals surface area contributed by atoms with E-state index >= 15 is 0 Å². The van der Waals surface area contributed by atoms with Crippen molar-refractivity contribution in [3.63, 3.8) is 0 Å². The number of aliphatic hydroxyl groups is 1. The van der Waals surface area contributed by atoms with Crippen molar-refractivity contribution in [2.24, 2.45) is 5.92 Å². The maximum atomic E-state index is 9.85. The highest BCUT2D eigenvalue weighted by Crippen LogP contribution is 2.39. The van der Waals surface area contributed by atoms with E-state index in [2.05, 4.69) is 59.4 Å². The minimum atomic E-state index is -0.206. The van der Waals surface area contributed by atoms with Crippen LogP contribution in [0.2, 0.25) is 0 Å². The van der Waals surface area contributed by atoms with Gasteiger partial charge in [0.25, 0.3) is 0 Å². The molecule has 106 valence electrons. The van der Waals surface area contributed by atoms with Gasteiger partial charge in [-0.05, 0) is 42.7 Å². The highest BCUT2D eigenvalue weighted by molar-refractivity contribution is 9.10. The van der Waals surface area contributed by atoms with Gasteiger partial charge < -0.3 is 10.4 Å². The number of hydrogen-bond donors (Lipinski definition) is 2. The predicted molar refractivity (Wildman–Crippen MR) is 83.4 cm³/mol. The summed E-state index contributed by atoms with van der Waals surface area (Å²) in [6.07, 6.45) is 3.03. The van der Waals surface area contributed by atoms with Crippen LogP contribution in [0.15, 0.2) is 28.7 Å². The molecule has 0 aliphatic heterocycles. The Hall–Kier alpha value is -0.380. The molecule has 2 N–H and O–H groups in total. The molecule has 0 heterocycles. The number of benzene rings is 1. The Morgan fingerprint density at radius 3 is 2.63 bits per heavy atom. The summed E-state index contributed by atoms with van der Waals surface area (Å²) >= 11 is 3.62. The molecule has 1 aliphatic carbocycles. The number of aliphatic hydroxyl groups excluding tert-OH is 1. The molecular formula is C16H24BrNO. The molecule has 1 aliphatic rings. The van der Waals surface area contributed by atoms with E-state index in [0.29, 0.717) is 17.9 Å². The zero-order valence-electron chi connectivity index (χ0n) is 11.8. The lowest BCUT2D eigenvalue weighted by Gasteiger charge is -2.37. The van der Waals surface area contributed by atoms with E-state index in [9.17, 15) is 5.11 Å². The van der Waals surface area contributed by atoms with Gasteiger partial charge >= 0.3 is 0 Å².